The summed E-state index contributed by atoms with van der Waals surface area (Å²) in [6, 6.07) is 6.32. The molecule has 7 nitrogen and oxygen atoms in total. The number of Topliss-reactive ketones (excluding diaryl/α,β-unsaturated/α-hetero) is 1. The number of aryl methyl sites for hydroxylation is 1. The van der Waals surface area contributed by atoms with Crippen molar-refractivity contribution >= 4 is 39.9 Å². The van der Waals surface area contributed by atoms with Gasteiger partial charge in [-0.3, -0.25) is 19.7 Å². The summed E-state index contributed by atoms with van der Waals surface area (Å²) in [4.78, 5) is 53.3. The Morgan fingerprint density at radius 3 is 2.58 bits per heavy atom. The predicted molar refractivity (Wildman–Crippen MR) is 94.6 cm³/mol. The maximum Gasteiger partial charge on any atom is 0.350 e. The summed E-state index contributed by atoms with van der Waals surface area (Å²) in [5.41, 5.74) is 0.602. The van der Waals surface area contributed by atoms with Crippen LogP contribution < -0.4 is 5.32 Å². The van der Waals surface area contributed by atoms with E-state index < -0.39 is 23.4 Å². The zero-order valence-electron chi connectivity index (χ0n) is 14.0. The van der Waals surface area contributed by atoms with Gasteiger partial charge in [0.1, 0.15) is 4.88 Å². The number of ether oxygens (including phenoxy) is 1. The Morgan fingerprint density at radius 2 is 1.88 bits per heavy atom. The molecule has 26 heavy (non-hydrogen) atoms. The molecule has 1 aliphatic rings. The van der Waals surface area contributed by atoms with Crippen LogP contribution in [0.25, 0.3) is 0 Å². The molecule has 0 bridgehead atoms. The van der Waals surface area contributed by atoms with E-state index in [0.29, 0.717) is 5.69 Å². The normalized spacial score (nSPS) is 13.1. The molecule has 0 saturated heterocycles. The summed E-state index contributed by atoms with van der Waals surface area (Å²) < 4.78 is 4.92. The van der Waals surface area contributed by atoms with Crippen molar-refractivity contribution in [1.82, 2.24) is 4.98 Å². The summed E-state index contributed by atoms with van der Waals surface area (Å²) >= 11 is 0.946. The van der Waals surface area contributed by atoms with Crippen LogP contribution in [0.1, 0.15) is 43.0 Å². The van der Waals surface area contributed by atoms with Gasteiger partial charge in [0.15, 0.2) is 16.7 Å². The highest BCUT2D eigenvalue weighted by molar-refractivity contribution is 7.17. The fraction of sp³-hybridized carbons (Fsp3) is 0.167. The van der Waals surface area contributed by atoms with Gasteiger partial charge in [-0.05, 0) is 13.8 Å². The van der Waals surface area contributed by atoms with Crippen molar-refractivity contribution in [1.29, 1.82) is 0 Å². The number of nitrogens with zero attached hydrogens (tertiary/aromatic N) is 1. The molecule has 1 N–H and O–H groups in total. The van der Waals surface area contributed by atoms with Gasteiger partial charge >= 0.3 is 5.97 Å². The molecule has 1 aromatic heterocycles. The van der Waals surface area contributed by atoms with Gasteiger partial charge < -0.3 is 4.74 Å². The monoisotopic (exact) mass is 370 g/mol. The molecule has 1 amide bonds. The molecule has 0 radical (unpaired) electrons. The van der Waals surface area contributed by atoms with Gasteiger partial charge in [0.2, 0.25) is 0 Å². The van der Waals surface area contributed by atoms with E-state index in [-0.39, 0.29) is 33.3 Å². The minimum atomic E-state index is -0.748. The third-order valence-electron chi connectivity index (χ3n) is 3.68. The molecule has 0 unspecified atom stereocenters. The first-order valence-corrected chi connectivity index (χ1v) is 8.59. The fourth-order valence-electron chi connectivity index (χ4n) is 2.48. The maximum atomic E-state index is 12.5. The molecule has 1 aliphatic carbocycles. The highest BCUT2D eigenvalue weighted by Crippen LogP contribution is 2.26. The summed E-state index contributed by atoms with van der Waals surface area (Å²) in [7, 11) is 0. The summed E-state index contributed by atoms with van der Waals surface area (Å²) in [6.45, 7) is 3.52. The Labute approximate surface area is 152 Å². The number of benzene rings is 1. The topological polar surface area (TPSA) is 102 Å². The lowest BCUT2D eigenvalue weighted by Crippen LogP contribution is -2.26. The highest BCUT2D eigenvalue weighted by Gasteiger charge is 2.30. The standard InChI is InChI=1S/C18H14N2O5S/c1-3-25-17(24)15-9(2)19-18(26-15)20-16(23)12-8-13(21)10-6-4-5-7-11(10)14(12)22/h4-8H,3H2,1-2H3,(H,19,20,23). The van der Waals surface area contributed by atoms with Crippen LogP contribution in [0.5, 0.6) is 0 Å². The molecule has 8 heteroatoms. The van der Waals surface area contributed by atoms with Gasteiger partial charge in [0, 0.05) is 17.2 Å². The molecular formula is C18H14N2O5S. The van der Waals surface area contributed by atoms with Gasteiger partial charge in [-0.25, -0.2) is 9.78 Å². The van der Waals surface area contributed by atoms with E-state index in [1.165, 1.54) is 12.1 Å². The van der Waals surface area contributed by atoms with Gasteiger partial charge in [-0.2, -0.15) is 0 Å². The average Bonchev–Trinajstić information content (AvgIpc) is 2.98. The second-order valence-corrected chi connectivity index (χ2v) is 6.40. The summed E-state index contributed by atoms with van der Waals surface area (Å²) in [5.74, 6) is -2.22. The van der Waals surface area contributed by atoms with Gasteiger partial charge in [-0.15, -0.1) is 0 Å². The molecular weight excluding hydrogens is 356 g/mol. The van der Waals surface area contributed by atoms with E-state index in [0.717, 1.165) is 17.4 Å². The van der Waals surface area contributed by atoms with Crippen LogP contribution in [0.2, 0.25) is 0 Å². The first-order chi connectivity index (χ1) is 12.4. The van der Waals surface area contributed by atoms with Crippen LogP contribution in [0.3, 0.4) is 0 Å². The van der Waals surface area contributed by atoms with Crippen LogP contribution in [0.15, 0.2) is 35.9 Å². The Morgan fingerprint density at radius 1 is 1.19 bits per heavy atom. The van der Waals surface area contributed by atoms with Crippen LogP contribution in [0, 0.1) is 6.92 Å². The summed E-state index contributed by atoms with van der Waals surface area (Å²) in [5, 5.41) is 2.62. The van der Waals surface area contributed by atoms with Gasteiger partial charge in [0.25, 0.3) is 5.91 Å². The van der Waals surface area contributed by atoms with E-state index in [1.54, 1.807) is 26.0 Å². The van der Waals surface area contributed by atoms with E-state index >= 15 is 0 Å². The quantitative estimate of drug-likeness (QED) is 0.655. The van der Waals surface area contributed by atoms with Crippen LogP contribution >= 0.6 is 11.3 Å². The number of esters is 1. The number of aromatic nitrogens is 1. The number of carbonyl (C=O) groups is 4. The van der Waals surface area contributed by atoms with Crippen molar-refractivity contribution in [3.63, 3.8) is 0 Å². The van der Waals surface area contributed by atoms with E-state index in [9.17, 15) is 19.2 Å². The van der Waals surface area contributed by atoms with Crippen molar-refractivity contribution in [2.24, 2.45) is 0 Å². The molecule has 0 aliphatic heterocycles. The molecule has 1 aromatic carbocycles. The minimum Gasteiger partial charge on any atom is -0.462 e. The number of thiazole rings is 1. The van der Waals surface area contributed by atoms with Crippen molar-refractivity contribution in [3.8, 4) is 0 Å². The van der Waals surface area contributed by atoms with Crippen LogP contribution in [-0.4, -0.2) is 35.0 Å². The Bertz CT molecular complexity index is 974. The van der Waals surface area contributed by atoms with Crippen molar-refractivity contribution in [2.45, 2.75) is 13.8 Å². The largest absolute Gasteiger partial charge is 0.462 e. The fourth-order valence-corrected chi connectivity index (χ4v) is 3.34. The number of carbonyl (C=O) groups excluding carboxylic acids is 4. The molecule has 0 fully saturated rings. The second kappa shape index (κ2) is 7.01. The van der Waals surface area contributed by atoms with E-state index in [2.05, 4.69) is 10.3 Å². The third-order valence-corrected chi connectivity index (χ3v) is 4.73. The van der Waals surface area contributed by atoms with E-state index in [4.69, 9.17) is 4.74 Å². The Balaban J connectivity index is 1.83. The SMILES string of the molecule is CCOC(=O)c1sc(NC(=O)C2=CC(=O)c3ccccc3C2=O)nc1C. The number of hydrogen-bond acceptors (Lipinski definition) is 7. The molecule has 0 atom stereocenters. The molecule has 1 heterocycles. The number of ketones is 2. The average molecular weight is 370 g/mol. The lowest BCUT2D eigenvalue weighted by atomic mass is 9.89. The van der Waals surface area contributed by atoms with Crippen molar-refractivity contribution in [2.75, 3.05) is 11.9 Å². The highest BCUT2D eigenvalue weighted by atomic mass is 32.1. The molecule has 2 aromatic rings. The lowest BCUT2D eigenvalue weighted by Gasteiger charge is -2.13. The number of fused-ring (bicyclic) bond motifs is 1. The summed E-state index contributed by atoms with van der Waals surface area (Å²) in [6.07, 6.45) is 1.02. The third kappa shape index (κ3) is 3.18. The number of allylic oxidation sites excluding steroid dienone is 1. The van der Waals surface area contributed by atoms with Crippen LogP contribution in [0.4, 0.5) is 5.13 Å². The zero-order valence-corrected chi connectivity index (χ0v) is 14.8. The molecule has 3 rings (SSSR count). The lowest BCUT2D eigenvalue weighted by molar-refractivity contribution is -0.112. The number of rotatable bonds is 4. The Kier molecular flexibility index (Phi) is 4.77. The van der Waals surface area contributed by atoms with Gasteiger partial charge in [-0.1, -0.05) is 35.6 Å². The molecule has 132 valence electrons. The van der Waals surface area contributed by atoms with Crippen molar-refractivity contribution < 1.29 is 23.9 Å². The Hall–Kier alpha value is -3.13. The second-order valence-electron chi connectivity index (χ2n) is 5.41. The van der Waals surface area contributed by atoms with Gasteiger partial charge in [0.05, 0.1) is 17.9 Å². The predicted octanol–water partition coefficient (Wildman–Crippen LogP) is 2.57. The number of nitrogens with one attached hydrogen (secondary N) is 1. The first kappa shape index (κ1) is 17.7. The van der Waals surface area contributed by atoms with Crippen molar-refractivity contribution in [3.05, 3.63) is 57.6 Å². The molecule has 0 saturated carbocycles. The van der Waals surface area contributed by atoms with Crippen LogP contribution in [-0.2, 0) is 9.53 Å². The number of hydrogen-bond donors (Lipinski definition) is 1. The smallest absolute Gasteiger partial charge is 0.350 e. The number of amides is 1. The minimum absolute atomic E-state index is 0.149. The first-order valence-electron chi connectivity index (χ1n) is 7.78. The zero-order chi connectivity index (χ0) is 18.8. The maximum absolute atomic E-state index is 12.5. The number of anilines is 1. The molecule has 0 spiro atoms. The van der Waals surface area contributed by atoms with E-state index in [1.807, 2.05) is 0 Å².